The predicted molar refractivity (Wildman–Crippen MR) is 65.8 cm³/mol. The van der Waals surface area contributed by atoms with E-state index >= 15 is 0 Å². The average Bonchev–Trinajstić information content (AvgIpc) is 2.35. The Bertz CT molecular complexity index is 238. The summed E-state index contributed by atoms with van der Waals surface area (Å²) in [5.41, 5.74) is 0. The van der Waals surface area contributed by atoms with Crippen LogP contribution in [0, 0.1) is 0 Å². The zero-order chi connectivity index (χ0) is 12.8. The van der Waals surface area contributed by atoms with E-state index in [2.05, 4.69) is 4.90 Å². The zero-order valence-corrected chi connectivity index (χ0v) is 11.1. The van der Waals surface area contributed by atoms with Gasteiger partial charge in [-0.1, -0.05) is 0 Å². The topological polar surface area (TPSA) is 53.0 Å². The number of likely N-dealkylation sites (N-methyl/N-ethyl adjacent to an activating group) is 1. The lowest BCUT2D eigenvalue weighted by atomic mass is 10.1. The van der Waals surface area contributed by atoms with E-state index in [4.69, 9.17) is 9.84 Å². The highest BCUT2D eigenvalue weighted by Crippen LogP contribution is 2.16. The summed E-state index contributed by atoms with van der Waals surface area (Å²) in [6.45, 7) is 4.22. The Balaban J connectivity index is 2.33. The van der Waals surface area contributed by atoms with Gasteiger partial charge < -0.3 is 14.7 Å². The van der Waals surface area contributed by atoms with Crippen LogP contribution in [0.4, 0.5) is 0 Å². The van der Waals surface area contributed by atoms with Crippen molar-refractivity contribution in [3.63, 3.8) is 0 Å². The van der Waals surface area contributed by atoms with Gasteiger partial charge in [-0.2, -0.15) is 0 Å². The van der Waals surface area contributed by atoms with Crippen molar-refractivity contribution in [3.05, 3.63) is 0 Å². The van der Waals surface area contributed by atoms with Crippen LogP contribution >= 0.6 is 0 Å². The van der Waals surface area contributed by atoms with Crippen LogP contribution in [0.25, 0.3) is 0 Å². The van der Waals surface area contributed by atoms with Gasteiger partial charge in [-0.25, -0.2) is 0 Å². The van der Waals surface area contributed by atoms with Gasteiger partial charge in [-0.3, -0.25) is 9.69 Å². The van der Waals surface area contributed by atoms with Crippen LogP contribution in [0.5, 0.6) is 0 Å². The van der Waals surface area contributed by atoms with Crippen LogP contribution in [-0.4, -0.2) is 73.4 Å². The molecular formula is C12H24N2O3. The molecule has 100 valence electrons. The van der Waals surface area contributed by atoms with Gasteiger partial charge in [0.15, 0.2) is 0 Å². The summed E-state index contributed by atoms with van der Waals surface area (Å²) in [5.74, 6) is 0.153. The number of amides is 1. The van der Waals surface area contributed by atoms with Crippen molar-refractivity contribution < 1.29 is 14.6 Å². The lowest BCUT2D eigenvalue weighted by molar-refractivity contribution is -0.135. The zero-order valence-electron chi connectivity index (χ0n) is 11.1. The third-order valence-electron chi connectivity index (χ3n) is 3.27. The molecule has 1 aliphatic rings. The minimum Gasteiger partial charge on any atom is -0.394 e. The Labute approximate surface area is 103 Å². The van der Waals surface area contributed by atoms with Gasteiger partial charge >= 0.3 is 0 Å². The third kappa shape index (κ3) is 4.26. The highest BCUT2D eigenvalue weighted by Gasteiger charge is 2.27. The quantitative estimate of drug-likeness (QED) is 0.736. The number of carbonyl (C=O) groups is 1. The minimum atomic E-state index is -0.0520. The molecule has 1 saturated heterocycles. The number of ether oxygens (including phenoxy) is 1. The van der Waals surface area contributed by atoms with Crippen LogP contribution < -0.4 is 0 Å². The molecule has 1 N–H and O–H groups in total. The average molecular weight is 244 g/mol. The van der Waals surface area contributed by atoms with Crippen LogP contribution in [0.2, 0.25) is 0 Å². The van der Waals surface area contributed by atoms with Crippen molar-refractivity contribution >= 4 is 5.91 Å². The fraction of sp³-hybridized carbons (Fsp3) is 0.917. The molecule has 1 unspecified atom stereocenters. The van der Waals surface area contributed by atoms with Crippen molar-refractivity contribution in [2.24, 2.45) is 0 Å². The summed E-state index contributed by atoms with van der Waals surface area (Å²) < 4.78 is 5.50. The fourth-order valence-electron chi connectivity index (χ4n) is 2.18. The number of piperidine rings is 1. The van der Waals surface area contributed by atoms with Crippen LogP contribution in [0.1, 0.15) is 19.8 Å². The number of carbonyl (C=O) groups excluding carboxylic acids is 1. The second-order valence-corrected chi connectivity index (χ2v) is 4.74. The van der Waals surface area contributed by atoms with Crippen LogP contribution in [0.3, 0.4) is 0 Å². The Morgan fingerprint density at radius 2 is 2.06 bits per heavy atom. The van der Waals surface area contributed by atoms with Crippen molar-refractivity contribution in [2.45, 2.75) is 31.9 Å². The molecule has 5 heteroatoms. The molecular weight excluding hydrogens is 220 g/mol. The maximum atomic E-state index is 11.8. The van der Waals surface area contributed by atoms with E-state index in [9.17, 15) is 4.79 Å². The van der Waals surface area contributed by atoms with E-state index in [-0.39, 0.29) is 24.7 Å². The highest BCUT2D eigenvalue weighted by molar-refractivity contribution is 5.80. The summed E-state index contributed by atoms with van der Waals surface area (Å²) in [6, 6.07) is -0.0520. The number of hydrogen-bond acceptors (Lipinski definition) is 4. The number of aliphatic hydroxyl groups is 1. The first-order valence-electron chi connectivity index (χ1n) is 6.24. The number of nitrogens with zero attached hydrogens (tertiary/aromatic N) is 2. The summed E-state index contributed by atoms with van der Waals surface area (Å²) >= 11 is 0. The standard InChI is InChI=1S/C12H24N2O3/c1-10(12(16)13(2)3)14-6-4-11(5-7-14)17-9-8-15/h10-11,15H,4-9H2,1-3H3. The molecule has 1 amide bonds. The Morgan fingerprint density at radius 1 is 1.47 bits per heavy atom. The summed E-state index contributed by atoms with van der Waals surface area (Å²) in [4.78, 5) is 15.6. The summed E-state index contributed by atoms with van der Waals surface area (Å²) in [7, 11) is 3.58. The number of rotatable bonds is 5. The van der Waals surface area contributed by atoms with Gasteiger partial charge in [0.25, 0.3) is 0 Å². The Hall–Kier alpha value is -0.650. The Morgan fingerprint density at radius 3 is 2.53 bits per heavy atom. The molecule has 1 fully saturated rings. The van der Waals surface area contributed by atoms with E-state index in [0.29, 0.717) is 6.61 Å². The monoisotopic (exact) mass is 244 g/mol. The van der Waals surface area contributed by atoms with Crippen molar-refractivity contribution in [2.75, 3.05) is 40.4 Å². The third-order valence-corrected chi connectivity index (χ3v) is 3.27. The van der Waals surface area contributed by atoms with Crippen LogP contribution in [0.15, 0.2) is 0 Å². The van der Waals surface area contributed by atoms with Crippen molar-refractivity contribution in [1.82, 2.24) is 9.80 Å². The van der Waals surface area contributed by atoms with Gasteiger partial charge in [0, 0.05) is 27.2 Å². The molecule has 1 atom stereocenters. The largest absolute Gasteiger partial charge is 0.394 e. The lowest BCUT2D eigenvalue weighted by Crippen LogP contribution is -2.49. The van der Waals surface area contributed by atoms with E-state index in [1.54, 1.807) is 19.0 Å². The van der Waals surface area contributed by atoms with E-state index < -0.39 is 0 Å². The maximum Gasteiger partial charge on any atom is 0.239 e. The minimum absolute atomic E-state index is 0.0520. The molecule has 17 heavy (non-hydrogen) atoms. The smallest absolute Gasteiger partial charge is 0.239 e. The molecule has 5 nitrogen and oxygen atoms in total. The highest BCUT2D eigenvalue weighted by atomic mass is 16.5. The van der Waals surface area contributed by atoms with Crippen molar-refractivity contribution in [1.29, 1.82) is 0 Å². The van der Waals surface area contributed by atoms with Gasteiger partial charge in [0.1, 0.15) is 0 Å². The molecule has 0 aliphatic carbocycles. The molecule has 1 rings (SSSR count). The second kappa shape index (κ2) is 6.93. The number of likely N-dealkylation sites (tertiary alicyclic amines) is 1. The van der Waals surface area contributed by atoms with Crippen molar-refractivity contribution in [3.8, 4) is 0 Å². The summed E-state index contributed by atoms with van der Waals surface area (Å²) in [6.07, 6.45) is 2.11. The molecule has 0 aromatic rings. The van der Waals surface area contributed by atoms with Gasteiger partial charge in [0.2, 0.25) is 5.91 Å². The molecule has 1 aliphatic heterocycles. The summed E-state index contributed by atoms with van der Waals surface area (Å²) in [5, 5.41) is 8.69. The first-order chi connectivity index (χ1) is 8.06. The first-order valence-corrected chi connectivity index (χ1v) is 6.24. The Kier molecular flexibility index (Phi) is 5.88. The number of aliphatic hydroxyl groups excluding tert-OH is 1. The maximum absolute atomic E-state index is 11.8. The van der Waals surface area contributed by atoms with E-state index in [0.717, 1.165) is 25.9 Å². The predicted octanol–water partition coefficient (Wildman–Crippen LogP) is -0.0636. The molecule has 0 saturated carbocycles. The fourth-order valence-corrected chi connectivity index (χ4v) is 2.18. The molecule has 1 heterocycles. The molecule has 0 radical (unpaired) electrons. The van der Waals surface area contributed by atoms with Gasteiger partial charge in [0.05, 0.1) is 25.4 Å². The SMILES string of the molecule is CC(C(=O)N(C)C)N1CCC(OCCO)CC1. The van der Waals surface area contributed by atoms with Crippen LogP contribution in [-0.2, 0) is 9.53 Å². The van der Waals surface area contributed by atoms with E-state index in [1.807, 2.05) is 6.92 Å². The lowest BCUT2D eigenvalue weighted by Gasteiger charge is -2.36. The normalized spacial score (nSPS) is 20.2. The van der Waals surface area contributed by atoms with Gasteiger partial charge in [-0.15, -0.1) is 0 Å². The molecule has 0 bridgehead atoms. The first kappa shape index (κ1) is 14.4. The van der Waals surface area contributed by atoms with E-state index in [1.165, 1.54) is 0 Å². The second-order valence-electron chi connectivity index (χ2n) is 4.74. The number of hydrogen-bond donors (Lipinski definition) is 1. The molecule has 0 spiro atoms. The van der Waals surface area contributed by atoms with Gasteiger partial charge in [-0.05, 0) is 19.8 Å². The molecule has 0 aromatic carbocycles. The molecule has 0 aromatic heterocycles.